The van der Waals surface area contributed by atoms with Crippen LogP contribution in [0.15, 0.2) is 42.5 Å². The quantitative estimate of drug-likeness (QED) is 0.566. The first kappa shape index (κ1) is 20.6. The maximum atomic E-state index is 12.9. The molecule has 0 aliphatic heterocycles. The number of aromatic nitrogens is 1. The predicted octanol–water partition coefficient (Wildman–Crippen LogP) is 3.27. The number of amides is 1. The Kier molecular flexibility index (Phi) is 5.66. The fourth-order valence-electron chi connectivity index (χ4n) is 4.13. The number of carbonyl (C=O) groups excluding carboxylic acids is 1. The zero-order valence-corrected chi connectivity index (χ0v) is 18.1. The lowest BCUT2D eigenvalue weighted by Gasteiger charge is -2.17. The smallest absolute Gasteiger partial charge is 0.253 e. The number of hydrogen-bond donors (Lipinski definition) is 3. The number of benzene rings is 2. The third-order valence-corrected chi connectivity index (χ3v) is 7.19. The lowest BCUT2D eigenvalue weighted by Crippen LogP contribution is -2.23. The molecule has 1 aromatic heterocycles. The van der Waals surface area contributed by atoms with Crippen molar-refractivity contribution < 1.29 is 13.2 Å². The molecule has 30 heavy (non-hydrogen) atoms. The van der Waals surface area contributed by atoms with Crippen molar-refractivity contribution in [3.8, 4) is 0 Å². The van der Waals surface area contributed by atoms with Crippen molar-refractivity contribution in [2.75, 3.05) is 7.05 Å². The number of para-hydroxylation sites is 1. The van der Waals surface area contributed by atoms with Crippen LogP contribution in [0.3, 0.4) is 0 Å². The Morgan fingerprint density at radius 3 is 2.60 bits per heavy atom. The van der Waals surface area contributed by atoms with E-state index in [0.717, 1.165) is 29.3 Å². The van der Waals surface area contributed by atoms with Crippen LogP contribution < -0.4 is 10.0 Å². The molecule has 158 valence electrons. The van der Waals surface area contributed by atoms with E-state index in [4.69, 9.17) is 0 Å². The average molecular weight is 426 g/mol. The van der Waals surface area contributed by atoms with Crippen LogP contribution in [0.4, 0.5) is 0 Å². The fraction of sp³-hybridized carbons (Fsp3) is 0.348. The molecule has 0 fully saturated rings. The molecule has 4 rings (SSSR count). The topological polar surface area (TPSA) is 91.1 Å². The summed E-state index contributed by atoms with van der Waals surface area (Å²) in [5.41, 5.74) is 5.81. The zero-order valence-electron chi connectivity index (χ0n) is 17.3. The van der Waals surface area contributed by atoms with E-state index in [1.807, 2.05) is 24.3 Å². The van der Waals surface area contributed by atoms with E-state index in [1.165, 1.54) is 24.7 Å². The summed E-state index contributed by atoms with van der Waals surface area (Å²) in [4.78, 5) is 16.4. The second-order valence-corrected chi connectivity index (χ2v) is 10.0. The first-order chi connectivity index (χ1) is 14.4. The van der Waals surface area contributed by atoms with Crippen LogP contribution in [0.1, 0.15) is 46.1 Å². The first-order valence-corrected chi connectivity index (χ1v) is 11.9. The molecule has 1 heterocycles. The highest BCUT2D eigenvalue weighted by Gasteiger charge is 2.22. The van der Waals surface area contributed by atoms with Gasteiger partial charge in [0.15, 0.2) is 0 Å². The number of rotatable bonds is 6. The number of aryl methyl sites for hydroxylation is 1. The highest BCUT2D eigenvalue weighted by atomic mass is 32.2. The second-order valence-electron chi connectivity index (χ2n) is 8.12. The molecule has 1 aliphatic carbocycles. The molecule has 1 amide bonds. The number of hydrogen-bond acceptors (Lipinski definition) is 3. The molecular formula is C23H27N3O3S. The lowest BCUT2D eigenvalue weighted by atomic mass is 9.87. The van der Waals surface area contributed by atoms with E-state index in [9.17, 15) is 13.2 Å². The Bertz CT molecular complexity index is 1180. The average Bonchev–Trinajstić information content (AvgIpc) is 3.10. The molecule has 3 N–H and O–H groups in total. The van der Waals surface area contributed by atoms with Gasteiger partial charge in [-0.15, -0.1) is 0 Å². The molecule has 0 saturated heterocycles. The Labute approximate surface area is 177 Å². The molecule has 3 aromatic rings. The maximum Gasteiger partial charge on any atom is 0.253 e. The normalized spacial score (nSPS) is 16.4. The largest absolute Gasteiger partial charge is 0.358 e. The van der Waals surface area contributed by atoms with Crippen LogP contribution in [0.2, 0.25) is 0 Å². The van der Waals surface area contributed by atoms with Crippen molar-refractivity contribution in [2.45, 2.75) is 38.5 Å². The Morgan fingerprint density at radius 1 is 1.13 bits per heavy atom. The number of carbonyl (C=O) groups is 1. The Morgan fingerprint density at radius 2 is 1.87 bits per heavy atom. The van der Waals surface area contributed by atoms with Gasteiger partial charge in [0.2, 0.25) is 10.0 Å². The zero-order chi connectivity index (χ0) is 21.3. The maximum absolute atomic E-state index is 12.9. The molecule has 1 unspecified atom stereocenters. The number of aromatic amines is 1. The van der Waals surface area contributed by atoms with Gasteiger partial charge in [0, 0.05) is 17.6 Å². The van der Waals surface area contributed by atoms with Crippen molar-refractivity contribution >= 4 is 26.8 Å². The van der Waals surface area contributed by atoms with E-state index in [2.05, 4.69) is 28.0 Å². The lowest BCUT2D eigenvalue weighted by molar-refractivity contribution is 0.0952. The molecule has 6 nitrogen and oxygen atoms in total. The third-order valence-electron chi connectivity index (χ3n) is 5.86. The third kappa shape index (κ3) is 4.27. The summed E-state index contributed by atoms with van der Waals surface area (Å²) in [7, 11) is -1.89. The Balaban J connectivity index is 1.48. The standard InChI is InChI=1S/C23H27N3O3S/c1-15-6-11-21-20(12-15)18-4-3-5-19(22(18)26-21)23(27)25-13-16-7-9-17(10-8-16)14-30(28,29)24-2/h3-5,7-10,15,24,26H,6,11-14H2,1-2H3,(H,25,27). The molecule has 0 radical (unpaired) electrons. The van der Waals surface area contributed by atoms with E-state index >= 15 is 0 Å². The van der Waals surface area contributed by atoms with Crippen molar-refractivity contribution in [1.29, 1.82) is 0 Å². The summed E-state index contributed by atoms with van der Waals surface area (Å²) in [6.07, 6.45) is 3.25. The molecule has 2 aromatic carbocycles. The summed E-state index contributed by atoms with van der Waals surface area (Å²) < 4.78 is 25.6. The van der Waals surface area contributed by atoms with Gasteiger partial charge in [-0.05, 0) is 55.0 Å². The minimum atomic E-state index is -3.30. The number of sulfonamides is 1. The SMILES string of the molecule is CNS(=O)(=O)Cc1ccc(CNC(=O)c2cccc3c4c([nH]c23)CCC(C)C4)cc1. The summed E-state index contributed by atoms with van der Waals surface area (Å²) in [6, 6.07) is 13.1. The van der Waals surface area contributed by atoms with E-state index < -0.39 is 10.0 Å². The monoisotopic (exact) mass is 425 g/mol. The number of nitrogens with one attached hydrogen (secondary N) is 3. The van der Waals surface area contributed by atoms with E-state index in [0.29, 0.717) is 23.6 Å². The highest BCUT2D eigenvalue weighted by molar-refractivity contribution is 7.88. The first-order valence-electron chi connectivity index (χ1n) is 10.3. The molecule has 0 bridgehead atoms. The van der Waals surface area contributed by atoms with Crippen molar-refractivity contribution in [3.63, 3.8) is 0 Å². The number of fused-ring (bicyclic) bond motifs is 3. The molecule has 0 spiro atoms. The van der Waals surface area contributed by atoms with Crippen molar-refractivity contribution in [1.82, 2.24) is 15.0 Å². The number of H-pyrrole nitrogens is 1. The highest BCUT2D eigenvalue weighted by Crippen LogP contribution is 2.32. The molecule has 1 atom stereocenters. The molecule has 7 heteroatoms. The molecule has 0 saturated carbocycles. The van der Waals surface area contributed by atoms with Crippen molar-refractivity contribution in [3.05, 3.63) is 70.4 Å². The summed E-state index contributed by atoms with van der Waals surface area (Å²) in [5.74, 6) is 0.489. The van der Waals surface area contributed by atoms with Gasteiger partial charge in [0.1, 0.15) is 0 Å². The van der Waals surface area contributed by atoms with Crippen LogP contribution in [0, 0.1) is 5.92 Å². The van der Waals surface area contributed by atoms with Crippen LogP contribution in [-0.2, 0) is 35.2 Å². The minimum Gasteiger partial charge on any atom is -0.358 e. The van der Waals surface area contributed by atoms with Gasteiger partial charge < -0.3 is 10.3 Å². The van der Waals surface area contributed by atoms with Crippen LogP contribution in [0.25, 0.3) is 10.9 Å². The van der Waals surface area contributed by atoms with Gasteiger partial charge in [-0.2, -0.15) is 0 Å². The van der Waals surface area contributed by atoms with Gasteiger partial charge in [-0.1, -0.05) is 43.3 Å². The van der Waals surface area contributed by atoms with Crippen LogP contribution in [-0.4, -0.2) is 26.4 Å². The van der Waals surface area contributed by atoms with Gasteiger partial charge in [-0.3, -0.25) is 4.79 Å². The van der Waals surface area contributed by atoms with E-state index in [1.54, 1.807) is 12.1 Å². The second kappa shape index (κ2) is 8.24. The summed E-state index contributed by atoms with van der Waals surface area (Å²) >= 11 is 0. The van der Waals surface area contributed by atoms with Gasteiger partial charge in [-0.25, -0.2) is 13.1 Å². The van der Waals surface area contributed by atoms with Gasteiger partial charge in [0.05, 0.1) is 16.8 Å². The summed E-state index contributed by atoms with van der Waals surface area (Å²) in [5, 5.41) is 4.14. The van der Waals surface area contributed by atoms with Crippen LogP contribution >= 0.6 is 0 Å². The van der Waals surface area contributed by atoms with Gasteiger partial charge >= 0.3 is 0 Å². The summed E-state index contributed by atoms with van der Waals surface area (Å²) in [6.45, 7) is 2.66. The minimum absolute atomic E-state index is 0.0613. The molecule has 1 aliphatic rings. The Hall–Kier alpha value is -2.64. The van der Waals surface area contributed by atoms with Crippen LogP contribution in [0.5, 0.6) is 0 Å². The molecular weight excluding hydrogens is 398 g/mol. The van der Waals surface area contributed by atoms with Gasteiger partial charge in [0.25, 0.3) is 5.91 Å². The predicted molar refractivity (Wildman–Crippen MR) is 119 cm³/mol. The van der Waals surface area contributed by atoms with Crippen molar-refractivity contribution in [2.24, 2.45) is 5.92 Å². The fourth-order valence-corrected chi connectivity index (χ4v) is 4.90. The van der Waals surface area contributed by atoms with E-state index in [-0.39, 0.29) is 11.7 Å².